The first-order chi connectivity index (χ1) is 6.14. The first-order valence-corrected chi connectivity index (χ1v) is 4.19. The van der Waals surface area contributed by atoms with Crippen molar-refractivity contribution in [2.45, 2.75) is 31.4 Å². The van der Waals surface area contributed by atoms with E-state index in [2.05, 4.69) is 10.1 Å². The van der Waals surface area contributed by atoms with Gasteiger partial charge in [-0.2, -0.15) is 0 Å². The SMILES string of the molecule is [B]CC(C[B])(C[B])NC(=O)OCC. The van der Waals surface area contributed by atoms with Gasteiger partial charge in [-0.1, -0.05) is 19.0 Å². The fourth-order valence-corrected chi connectivity index (χ4v) is 0.787. The number of rotatable bonds is 5. The van der Waals surface area contributed by atoms with E-state index in [4.69, 9.17) is 23.5 Å². The number of ether oxygens (including phenoxy) is 1. The molecule has 0 aliphatic heterocycles. The fraction of sp³-hybridized carbons (Fsp3) is 0.857. The first-order valence-electron chi connectivity index (χ1n) is 4.19. The van der Waals surface area contributed by atoms with Gasteiger partial charge in [-0.05, 0) is 6.92 Å². The van der Waals surface area contributed by atoms with Gasteiger partial charge in [0, 0.05) is 5.54 Å². The first kappa shape index (κ1) is 12.5. The monoisotopic (exact) mass is 175 g/mol. The lowest BCUT2D eigenvalue weighted by Crippen LogP contribution is -2.47. The van der Waals surface area contributed by atoms with Gasteiger partial charge in [-0.3, -0.25) is 0 Å². The molecule has 0 bridgehead atoms. The molecule has 0 aromatic heterocycles. The summed E-state index contributed by atoms with van der Waals surface area (Å²) in [4.78, 5) is 11.0. The maximum absolute atomic E-state index is 11.0. The van der Waals surface area contributed by atoms with Crippen LogP contribution in [0.5, 0.6) is 0 Å². The molecule has 0 saturated heterocycles. The van der Waals surface area contributed by atoms with Crippen molar-refractivity contribution in [2.75, 3.05) is 6.61 Å². The summed E-state index contributed by atoms with van der Waals surface area (Å²) in [5, 5.41) is 2.54. The lowest BCUT2D eigenvalue weighted by atomic mass is 9.68. The minimum Gasteiger partial charge on any atom is -0.450 e. The number of alkyl carbamates (subject to hydrolysis) is 1. The Morgan fingerprint density at radius 2 is 1.77 bits per heavy atom. The Labute approximate surface area is 83.2 Å². The second-order valence-electron chi connectivity index (χ2n) is 2.74. The summed E-state index contributed by atoms with van der Waals surface area (Å²) in [7, 11) is 16.3. The maximum Gasteiger partial charge on any atom is 0.407 e. The van der Waals surface area contributed by atoms with Crippen LogP contribution in [0.25, 0.3) is 0 Å². The fourth-order valence-electron chi connectivity index (χ4n) is 0.787. The number of nitrogens with one attached hydrogen (secondary N) is 1. The second kappa shape index (κ2) is 6.00. The molecule has 0 heterocycles. The molecule has 6 heteroatoms. The Morgan fingerprint density at radius 3 is 2.08 bits per heavy atom. The Kier molecular flexibility index (Phi) is 5.75. The van der Waals surface area contributed by atoms with Crippen LogP contribution in [0.2, 0.25) is 19.0 Å². The van der Waals surface area contributed by atoms with Crippen LogP contribution in [0.1, 0.15) is 6.92 Å². The van der Waals surface area contributed by atoms with E-state index in [0.717, 1.165) is 0 Å². The van der Waals surface area contributed by atoms with E-state index in [1.807, 2.05) is 0 Å². The van der Waals surface area contributed by atoms with Gasteiger partial charge in [-0.15, -0.1) is 0 Å². The molecule has 1 N–H and O–H groups in total. The topological polar surface area (TPSA) is 38.3 Å². The molecule has 0 saturated carbocycles. The summed E-state index contributed by atoms with van der Waals surface area (Å²) in [5.41, 5.74) is -0.744. The van der Waals surface area contributed by atoms with Crippen molar-refractivity contribution in [3.05, 3.63) is 0 Å². The maximum atomic E-state index is 11.0. The van der Waals surface area contributed by atoms with Crippen LogP contribution in [-0.4, -0.2) is 41.8 Å². The number of amides is 1. The van der Waals surface area contributed by atoms with Gasteiger partial charge in [-0.25, -0.2) is 4.79 Å². The highest BCUT2D eigenvalue weighted by atomic mass is 16.5. The molecule has 13 heavy (non-hydrogen) atoms. The minimum atomic E-state index is -0.744. The van der Waals surface area contributed by atoms with E-state index in [1.165, 1.54) is 0 Å². The normalized spacial score (nSPS) is 10.8. The number of carbonyl (C=O) groups is 1. The second-order valence-corrected chi connectivity index (χ2v) is 2.74. The van der Waals surface area contributed by atoms with Crippen molar-refractivity contribution in [1.82, 2.24) is 5.32 Å². The van der Waals surface area contributed by atoms with E-state index in [1.54, 1.807) is 6.92 Å². The predicted octanol–water partition coefficient (Wildman–Crippen LogP) is 0.232. The molecule has 0 aliphatic carbocycles. The molecular formula is C7H12B3NO2. The highest BCUT2D eigenvalue weighted by molar-refractivity contribution is 6.16. The number of carbonyl (C=O) groups excluding carboxylic acids is 1. The molecule has 0 aliphatic rings. The third kappa shape index (κ3) is 3.79. The zero-order valence-electron chi connectivity index (χ0n) is 7.88. The summed E-state index contributed by atoms with van der Waals surface area (Å²) in [5.74, 6) is 0. The Balaban J connectivity index is 4.16. The average Bonchev–Trinajstić information content (AvgIpc) is 2.15. The van der Waals surface area contributed by atoms with Crippen LogP contribution < -0.4 is 5.32 Å². The number of hydrogen-bond acceptors (Lipinski definition) is 2. The molecule has 6 radical (unpaired) electrons. The summed E-state index contributed by atoms with van der Waals surface area (Å²) >= 11 is 0. The van der Waals surface area contributed by atoms with Crippen molar-refractivity contribution in [2.24, 2.45) is 0 Å². The number of hydrogen-bond donors (Lipinski definition) is 1. The van der Waals surface area contributed by atoms with Crippen LogP contribution in [0.3, 0.4) is 0 Å². The summed E-state index contributed by atoms with van der Waals surface area (Å²) in [6.07, 6.45) is 0.0417. The quantitative estimate of drug-likeness (QED) is 0.607. The highest BCUT2D eigenvalue weighted by Gasteiger charge is 2.24. The molecule has 0 spiro atoms. The van der Waals surface area contributed by atoms with E-state index in [-0.39, 0.29) is 19.0 Å². The Bertz CT molecular complexity index is 154. The van der Waals surface area contributed by atoms with Crippen molar-refractivity contribution < 1.29 is 9.53 Å². The Morgan fingerprint density at radius 1 is 1.31 bits per heavy atom. The molecule has 0 rings (SSSR count). The van der Waals surface area contributed by atoms with Gasteiger partial charge < -0.3 is 10.1 Å². The average molecular weight is 175 g/mol. The minimum absolute atomic E-state index is 0.193. The molecule has 66 valence electrons. The van der Waals surface area contributed by atoms with Gasteiger partial charge in [0.15, 0.2) is 0 Å². The summed E-state index contributed by atoms with van der Waals surface area (Å²) in [6, 6.07) is 0. The van der Waals surface area contributed by atoms with E-state index in [9.17, 15) is 4.79 Å². The molecule has 3 nitrogen and oxygen atoms in total. The third-order valence-corrected chi connectivity index (χ3v) is 1.81. The van der Waals surface area contributed by atoms with E-state index >= 15 is 0 Å². The van der Waals surface area contributed by atoms with Crippen LogP contribution in [-0.2, 0) is 4.74 Å². The summed E-state index contributed by atoms with van der Waals surface area (Å²) < 4.78 is 4.69. The molecule has 0 unspecified atom stereocenters. The van der Waals surface area contributed by atoms with Crippen LogP contribution >= 0.6 is 0 Å². The molecule has 1 amide bonds. The van der Waals surface area contributed by atoms with Crippen LogP contribution in [0.15, 0.2) is 0 Å². The third-order valence-electron chi connectivity index (χ3n) is 1.81. The van der Waals surface area contributed by atoms with Crippen molar-refractivity contribution in [3.8, 4) is 0 Å². The smallest absolute Gasteiger partial charge is 0.407 e. The molecular weight excluding hydrogens is 163 g/mol. The standard InChI is InChI=1S/C7H12B3NO2/c1-2-13-6(12)11-7(3-8,4-9)5-10/h2-5H2,1H3,(H,11,12). The molecule has 0 aromatic carbocycles. The zero-order chi connectivity index (χ0) is 10.3. The zero-order valence-corrected chi connectivity index (χ0v) is 7.88. The predicted molar refractivity (Wildman–Crippen MR) is 54.6 cm³/mol. The molecule has 0 fully saturated rings. The van der Waals surface area contributed by atoms with Crippen LogP contribution in [0.4, 0.5) is 4.79 Å². The van der Waals surface area contributed by atoms with Gasteiger partial charge in [0.25, 0.3) is 0 Å². The highest BCUT2D eigenvalue weighted by Crippen LogP contribution is 2.17. The lowest BCUT2D eigenvalue weighted by molar-refractivity contribution is 0.143. The van der Waals surface area contributed by atoms with Gasteiger partial charge in [0.1, 0.15) is 0 Å². The summed E-state index contributed by atoms with van der Waals surface area (Å²) in [6.45, 7) is 2.02. The van der Waals surface area contributed by atoms with Crippen molar-refractivity contribution >= 4 is 29.6 Å². The molecule has 0 atom stereocenters. The van der Waals surface area contributed by atoms with E-state index in [0.29, 0.717) is 6.61 Å². The van der Waals surface area contributed by atoms with E-state index < -0.39 is 11.6 Å². The van der Waals surface area contributed by atoms with Crippen molar-refractivity contribution in [3.63, 3.8) is 0 Å². The van der Waals surface area contributed by atoms with Crippen LogP contribution in [0, 0.1) is 0 Å². The largest absolute Gasteiger partial charge is 0.450 e. The van der Waals surface area contributed by atoms with Crippen molar-refractivity contribution in [1.29, 1.82) is 0 Å². The van der Waals surface area contributed by atoms with Gasteiger partial charge >= 0.3 is 6.09 Å². The van der Waals surface area contributed by atoms with Gasteiger partial charge in [0.05, 0.1) is 30.1 Å². The van der Waals surface area contributed by atoms with Gasteiger partial charge in [0.2, 0.25) is 0 Å². The molecule has 0 aromatic rings. The lowest BCUT2D eigenvalue weighted by Gasteiger charge is -2.32. The Hall–Kier alpha value is -0.535.